The largest absolute Gasteiger partial charge is 0.327 e. The smallest absolute Gasteiger partial charge is 0.242 e. The zero-order valence-electron chi connectivity index (χ0n) is 5.89. The lowest BCUT2D eigenvalue weighted by atomic mass is 9.85. The zero-order valence-corrected chi connectivity index (χ0v) is 5.89. The number of alkyl halides is 2. The van der Waals surface area contributed by atoms with Crippen LogP contribution in [0.4, 0.5) is 8.78 Å². The van der Waals surface area contributed by atoms with E-state index in [-0.39, 0.29) is 6.04 Å². The Kier molecular flexibility index (Phi) is 2.60. The summed E-state index contributed by atoms with van der Waals surface area (Å²) in [5.74, 6) is -0.534. The summed E-state index contributed by atoms with van der Waals surface area (Å²) in [5.41, 5.74) is 5.50. The van der Waals surface area contributed by atoms with Crippen LogP contribution >= 0.6 is 0 Å². The molecule has 2 atom stereocenters. The molecule has 10 heavy (non-hydrogen) atoms. The number of rotatable bonds is 1. The highest BCUT2D eigenvalue weighted by atomic mass is 19.3. The minimum absolute atomic E-state index is 0.256. The molecule has 1 aliphatic carbocycles. The summed E-state index contributed by atoms with van der Waals surface area (Å²) in [6, 6.07) is -0.256. The summed E-state index contributed by atoms with van der Waals surface area (Å²) < 4.78 is 24.2. The van der Waals surface area contributed by atoms with Gasteiger partial charge >= 0.3 is 0 Å². The molecule has 0 spiro atoms. The van der Waals surface area contributed by atoms with Crippen LogP contribution in [-0.2, 0) is 0 Å². The molecule has 0 bridgehead atoms. The van der Waals surface area contributed by atoms with Crippen LogP contribution < -0.4 is 5.73 Å². The molecule has 0 aromatic heterocycles. The van der Waals surface area contributed by atoms with E-state index in [2.05, 4.69) is 0 Å². The highest BCUT2D eigenvalue weighted by Gasteiger charge is 2.29. The van der Waals surface area contributed by atoms with Crippen LogP contribution in [0.15, 0.2) is 0 Å². The van der Waals surface area contributed by atoms with E-state index in [1.54, 1.807) is 0 Å². The molecule has 1 saturated carbocycles. The lowest BCUT2D eigenvalue weighted by molar-refractivity contribution is 0.0448. The molecule has 0 amide bonds. The Morgan fingerprint density at radius 3 is 2.20 bits per heavy atom. The Bertz CT molecular complexity index is 106. The molecular formula is C7H13F2N. The number of nitrogens with two attached hydrogens (primary N) is 1. The van der Waals surface area contributed by atoms with Gasteiger partial charge in [-0.05, 0) is 12.8 Å². The molecule has 0 heterocycles. The molecule has 0 aliphatic heterocycles. The van der Waals surface area contributed by atoms with Gasteiger partial charge in [-0.3, -0.25) is 0 Å². The third-order valence-electron chi connectivity index (χ3n) is 2.20. The SMILES string of the molecule is N[C@@H]1CCCC[C@@H]1C(F)F. The van der Waals surface area contributed by atoms with Crippen molar-refractivity contribution in [2.75, 3.05) is 0 Å². The van der Waals surface area contributed by atoms with E-state index in [1.165, 1.54) is 0 Å². The molecule has 1 fully saturated rings. The van der Waals surface area contributed by atoms with Crippen molar-refractivity contribution in [1.82, 2.24) is 0 Å². The fourth-order valence-corrected chi connectivity index (χ4v) is 1.50. The van der Waals surface area contributed by atoms with Crippen molar-refractivity contribution in [2.24, 2.45) is 11.7 Å². The molecule has 0 saturated heterocycles. The van der Waals surface area contributed by atoms with E-state index < -0.39 is 12.3 Å². The summed E-state index contributed by atoms with van der Waals surface area (Å²) in [7, 11) is 0. The molecular weight excluding hydrogens is 136 g/mol. The average Bonchev–Trinajstić information content (AvgIpc) is 1.88. The van der Waals surface area contributed by atoms with E-state index in [0.29, 0.717) is 6.42 Å². The first-order valence-corrected chi connectivity index (χ1v) is 3.75. The Hall–Kier alpha value is -0.180. The van der Waals surface area contributed by atoms with Crippen LogP contribution in [0.1, 0.15) is 25.7 Å². The molecule has 3 heteroatoms. The van der Waals surface area contributed by atoms with Gasteiger partial charge in [0, 0.05) is 12.0 Å². The minimum Gasteiger partial charge on any atom is -0.327 e. The Balaban J connectivity index is 2.40. The zero-order chi connectivity index (χ0) is 7.56. The second kappa shape index (κ2) is 3.28. The highest BCUT2D eigenvalue weighted by Crippen LogP contribution is 2.27. The van der Waals surface area contributed by atoms with Crippen molar-refractivity contribution >= 4 is 0 Å². The van der Waals surface area contributed by atoms with Crippen molar-refractivity contribution in [2.45, 2.75) is 38.2 Å². The van der Waals surface area contributed by atoms with E-state index in [0.717, 1.165) is 19.3 Å². The third-order valence-corrected chi connectivity index (χ3v) is 2.20. The van der Waals surface area contributed by atoms with E-state index in [9.17, 15) is 8.78 Å². The number of halogens is 2. The Morgan fingerprint density at radius 1 is 1.20 bits per heavy atom. The van der Waals surface area contributed by atoms with Gasteiger partial charge in [0.25, 0.3) is 0 Å². The van der Waals surface area contributed by atoms with Crippen LogP contribution in [0.2, 0.25) is 0 Å². The Morgan fingerprint density at radius 2 is 1.80 bits per heavy atom. The van der Waals surface area contributed by atoms with Crippen LogP contribution in [0.25, 0.3) is 0 Å². The first kappa shape index (κ1) is 7.92. The van der Waals surface area contributed by atoms with Gasteiger partial charge < -0.3 is 5.73 Å². The molecule has 1 nitrogen and oxygen atoms in total. The van der Waals surface area contributed by atoms with Gasteiger partial charge in [-0.15, -0.1) is 0 Å². The fraction of sp³-hybridized carbons (Fsp3) is 1.00. The number of hydrogen-bond acceptors (Lipinski definition) is 1. The first-order valence-electron chi connectivity index (χ1n) is 3.75. The van der Waals surface area contributed by atoms with Gasteiger partial charge in [-0.1, -0.05) is 12.8 Å². The fourth-order valence-electron chi connectivity index (χ4n) is 1.50. The van der Waals surface area contributed by atoms with Gasteiger partial charge in [0.2, 0.25) is 6.43 Å². The van der Waals surface area contributed by atoms with E-state index in [1.807, 2.05) is 0 Å². The topological polar surface area (TPSA) is 26.0 Å². The van der Waals surface area contributed by atoms with Gasteiger partial charge in [-0.25, -0.2) is 8.78 Å². The van der Waals surface area contributed by atoms with E-state index >= 15 is 0 Å². The third kappa shape index (κ3) is 1.66. The van der Waals surface area contributed by atoms with Crippen LogP contribution in [0, 0.1) is 5.92 Å². The summed E-state index contributed by atoms with van der Waals surface area (Å²) in [4.78, 5) is 0. The molecule has 2 N–H and O–H groups in total. The highest BCUT2D eigenvalue weighted by molar-refractivity contribution is 4.79. The predicted octanol–water partition coefficient (Wildman–Crippen LogP) is 1.77. The monoisotopic (exact) mass is 149 g/mol. The van der Waals surface area contributed by atoms with Crippen LogP contribution in [-0.4, -0.2) is 12.5 Å². The summed E-state index contributed by atoms with van der Waals surface area (Å²) in [6.07, 6.45) is 1.11. The molecule has 0 aromatic carbocycles. The second-order valence-corrected chi connectivity index (χ2v) is 2.95. The van der Waals surface area contributed by atoms with Crippen LogP contribution in [0.5, 0.6) is 0 Å². The Labute approximate surface area is 59.6 Å². The molecule has 0 radical (unpaired) electrons. The van der Waals surface area contributed by atoms with Crippen molar-refractivity contribution in [3.8, 4) is 0 Å². The summed E-state index contributed by atoms with van der Waals surface area (Å²) in [5, 5.41) is 0. The number of hydrogen-bond donors (Lipinski definition) is 1. The van der Waals surface area contributed by atoms with Gasteiger partial charge in [0.15, 0.2) is 0 Å². The van der Waals surface area contributed by atoms with Crippen molar-refractivity contribution < 1.29 is 8.78 Å². The maximum absolute atomic E-state index is 12.1. The second-order valence-electron chi connectivity index (χ2n) is 2.95. The quantitative estimate of drug-likeness (QED) is 0.604. The van der Waals surface area contributed by atoms with Crippen molar-refractivity contribution in [3.05, 3.63) is 0 Å². The summed E-state index contributed by atoms with van der Waals surface area (Å²) in [6.45, 7) is 0. The van der Waals surface area contributed by atoms with Crippen LogP contribution in [0.3, 0.4) is 0 Å². The lowest BCUT2D eigenvalue weighted by Crippen LogP contribution is -2.37. The average molecular weight is 149 g/mol. The molecule has 60 valence electrons. The van der Waals surface area contributed by atoms with Gasteiger partial charge in [0.05, 0.1) is 0 Å². The van der Waals surface area contributed by atoms with Crippen molar-refractivity contribution in [3.63, 3.8) is 0 Å². The van der Waals surface area contributed by atoms with E-state index in [4.69, 9.17) is 5.73 Å². The summed E-state index contributed by atoms with van der Waals surface area (Å²) >= 11 is 0. The van der Waals surface area contributed by atoms with Crippen molar-refractivity contribution in [1.29, 1.82) is 0 Å². The minimum atomic E-state index is -2.21. The molecule has 1 aliphatic rings. The maximum Gasteiger partial charge on any atom is 0.242 e. The predicted molar refractivity (Wildman–Crippen MR) is 35.9 cm³/mol. The molecule has 0 unspecified atom stereocenters. The standard InChI is InChI=1S/C7H13F2N/c8-7(9)5-3-1-2-4-6(5)10/h5-7H,1-4,10H2/t5-,6+/m0/s1. The maximum atomic E-state index is 12.1. The molecule has 0 aromatic rings. The normalized spacial score (nSPS) is 34.8. The van der Waals surface area contributed by atoms with Gasteiger partial charge in [-0.2, -0.15) is 0 Å². The molecule has 1 rings (SSSR count). The lowest BCUT2D eigenvalue weighted by Gasteiger charge is -2.27. The van der Waals surface area contributed by atoms with Gasteiger partial charge in [0.1, 0.15) is 0 Å². The first-order chi connectivity index (χ1) is 4.72.